The first-order chi connectivity index (χ1) is 8.15. The van der Waals surface area contributed by atoms with Gasteiger partial charge in [-0.1, -0.05) is 29.8 Å². The van der Waals surface area contributed by atoms with Crippen LogP contribution in [0.1, 0.15) is 18.2 Å². The van der Waals surface area contributed by atoms with Crippen LogP contribution in [0.2, 0.25) is 0 Å². The number of hydrogen-bond donors (Lipinski definition) is 1. The Morgan fingerprint density at radius 2 is 2.06 bits per heavy atom. The summed E-state index contributed by atoms with van der Waals surface area (Å²) < 4.78 is 0. The number of thiazole rings is 1. The third-order valence-electron chi connectivity index (χ3n) is 2.37. The summed E-state index contributed by atoms with van der Waals surface area (Å²) in [6.45, 7) is 4.07. The van der Waals surface area contributed by atoms with E-state index in [0.29, 0.717) is 6.54 Å². The molecule has 1 amide bonds. The van der Waals surface area contributed by atoms with Crippen LogP contribution in [0.3, 0.4) is 0 Å². The topological polar surface area (TPSA) is 42.0 Å². The summed E-state index contributed by atoms with van der Waals surface area (Å²) in [5.74, 6) is -0.0325. The van der Waals surface area contributed by atoms with Crippen molar-refractivity contribution in [2.75, 3.05) is 0 Å². The third kappa shape index (κ3) is 3.14. The summed E-state index contributed by atoms with van der Waals surface area (Å²) in [5, 5.41) is 5.71. The molecule has 1 aromatic carbocycles. The first-order valence-corrected chi connectivity index (χ1v) is 6.29. The molecule has 0 saturated carbocycles. The molecule has 0 fully saturated rings. The molecule has 0 aliphatic heterocycles. The van der Waals surface area contributed by atoms with Gasteiger partial charge in [0, 0.05) is 17.9 Å². The highest BCUT2D eigenvalue weighted by atomic mass is 32.1. The molecule has 0 aliphatic rings. The molecule has 1 aromatic heterocycles. The lowest BCUT2D eigenvalue weighted by Gasteiger charge is -1.98. The molecule has 4 heteroatoms. The van der Waals surface area contributed by atoms with E-state index in [4.69, 9.17) is 0 Å². The van der Waals surface area contributed by atoms with Crippen molar-refractivity contribution in [1.82, 2.24) is 10.3 Å². The van der Waals surface area contributed by atoms with Gasteiger partial charge in [-0.15, -0.1) is 11.3 Å². The molecule has 0 saturated heterocycles. The number of aromatic nitrogens is 1. The number of nitrogens with one attached hydrogen (secondary N) is 1. The van der Waals surface area contributed by atoms with Crippen molar-refractivity contribution in [3.05, 3.63) is 40.9 Å². The zero-order valence-corrected chi connectivity index (χ0v) is 10.7. The number of aryl methyl sites for hydroxylation is 1. The van der Waals surface area contributed by atoms with Crippen molar-refractivity contribution >= 4 is 17.2 Å². The average molecular weight is 246 g/mol. The molecular formula is C13H14N2OS. The summed E-state index contributed by atoms with van der Waals surface area (Å²) in [4.78, 5) is 15.3. The van der Waals surface area contributed by atoms with E-state index in [-0.39, 0.29) is 5.91 Å². The second kappa shape index (κ2) is 5.10. The van der Waals surface area contributed by atoms with Crippen LogP contribution in [0.15, 0.2) is 29.6 Å². The van der Waals surface area contributed by atoms with E-state index in [2.05, 4.69) is 41.5 Å². The maximum absolute atomic E-state index is 10.8. The second-order valence-corrected chi connectivity index (χ2v) is 4.78. The Bertz CT molecular complexity index is 516. The summed E-state index contributed by atoms with van der Waals surface area (Å²) in [5.41, 5.74) is 3.26. The van der Waals surface area contributed by atoms with E-state index in [1.165, 1.54) is 12.5 Å². The summed E-state index contributed by atoms with van der Waals surface area (Å²) in [6.07, 6.45) is 0. The Morgan fingerprint density at radius 3 is 2.71 bits per heavy atom. The fraction of sp³-hybridized carbons (Fsp3) is 0.231. The monoisotopic (exact) mass is 246 g/mol. The largest absolute Gasteiger partial charge is 0.351 e. The Balaban J connectivity index is 2.12. The standard InChI is InChI=1S/C13H14N2OS/c1-9-3-5-11(6-4-9)13-15-12(8-17-13)7-14-10(2)16/h3-6,8H,7H2,1-2H3,(H,14,16). The van der Waals surface area contributed by atoms with Gasteiger partial charge in [-0.05, 0) is 6.92 Å². The SMILES string of the molecule is CC(=O)NCc1csc(-c2ccc(C)cc2)n1. The Hall–Kier alpha value is -1.68. The van der Waals surface area contributed by atoms with Gasteiger partial charge >= 0.3 is 0 Å². The first kappa shape index (κ1) is 11.8. The fourth-order valence-electron chi connectivity index (χ4n) is 1.43. The van der Waals surface area contributed by atoms with Crippen LogP contribution in [0.5, 0.6) is 0 Å². The normalized spacial score (nSPS) is 10.2. The Morgan fingerprint density at radius 1 is 1.35 bits per heavy atom. The van der Waals surface area contributed by atoms with E-state index < -0.39 is 0 Å². The van der Waals surface area contributed by atoms with E-state index in [1.54, 1.807) is 11.3 Å². The molecule has 0 aliphatic carbocycles. The van der Waals surface area contributed by atoms with Gasteiger partial charge in [0.2, 0.25) is 5.91 Å². The van der Waals surface area contributed by atoms with Gasteiger partial charge in [-0.25, -0.2) is 4.98 Å². The molecule has 0 radical (unpaired) electrons. The van der Waals surface area contributed by atoms with Crippen LogP contribution < -0.4 is 5.32 Å². The molecule has 3 nitrogen and oxygen atoms in total. The van der Waals surface area contributed by atoms with Crippen molar-refractivity contribution in [2.45, 2.75) is 20.4 Å². The number of hydrogen-bond acceptors (Lipinski definition) is 3. The predicted octanol–water partition coefficient (Wildman–Crippen LogP) is 2.75. The van der Waals surface area contributed by atoms with E-state index in [9.17, 15) is 4.79 Å². The van der Waals surface area contributed by atoms with Gasteiger partial charge in [0.25, 0.3) is 0 Å². The Labute approximate surface area is 105 Å². The maximum atomic E-state index is 10.8. The van der Waals surface area contributed by atoms with Crippen LogP contribution >= 0.6 is 11.3 Å². The average Bonchev–Trinajstić information content (AvgIpc) is 2.76. The highest BCUT2D eigenvalue weighted by Gasteiger charge is 2.04. The number of carbonyl (C=O) groups is 1. The van der Waals surface area contributed by atoms with Crippen molar-refractivity contribution in [1.29, 1.82) is 0 Å². The summed E-state index contributed by atoms with van der Waals surface area (Å²) >= 11 is 1.60. The lowest BCUT2D eigenvalue weighted by molar-refractivity contribution is -0.119. The Kier molecular flexibility index (Phi) is 3.54. The molecule has 2 rings (SSSR count). The van der Waals surface area contributed by atoms with Gasteiger partial charge in [0.1, 0.15) is 5.01 Å². The molecule has 0 atom stereocenters. The van der Waals surface area contributed by atoms with Gasteiger partial charge < -0.3 is 5.32 Å². The number of nitrogens with zero attached hydrogens (tertiary/aromatic N) is 1. The van der Waals surface area contributed by atoms with Gasteiger partial charge in [-0.3, -0.25) is 4.79 Å². The lowest BCUT2D eigenvalue weighted by atomic mass is 10.2. The molecule has 0 spiro atoms. The molecule has 0 unspecified atom stereocenters. The van der Waals surface area contributed by atoms with Gasteiger partial charge in [0.05, 0.1) is 12.2 Å². The lowest BCUT2D eigenvalue weighted by Crippen LogP contribution is -2.18. The van der Waals surface area contributed by atoms with Crippen LogP contribution in [0.25, 0.3) is 10.6 Å². The number of carbonyl (C=O) groups excluding carboxylic acids is 1. The van der Waals surface area contributed by atoms with E-state index >= 15 is 0 Å². The van der Waals surface area contributed by atoms with Crippen LogP contribution in [0, 0.1) is 6.92 Å². The van der Waals surface area contributed by atoms with Gasteiger partial charge in [0.15, 0.2) is 0 Å². The third-order valence-corrected chi connectivity index (χ3v) is 3.31. The smallest absolute Gasteiger partial charge is 0.217 e. The fourth-order valence-corrected chi connectivity index (χ4v) is 2.26. The van der Waals surface area contributed by atoms with Crippen LogP contribution in [-0.2, 0) is 11.3 Å². The molecule has 0 bridgehead atoms. The second-order valence-electron chi connectivity index (χ2n) is 3.92. The quantitative estimate of drug-likeness (QED) is 0.904. The first-order valence-electron chi connectivity index (χ1n) is 5.41. The molecule has 88 valence electrons. The molecule has 17 heavy (non-hydrogen) atoms. The summed E-state index contributed by atoms with van der Waals surface area (Å²) in [6, 6.07) is 8.28. The predicted molar refractivity (Wildman–Crippen MR) is 69.8 cm³/mol. The van der Waals surface area contributed by atoms with Crippen molar-refractivity contribution in [3.63, 3.8) is 0 Å². The summed E-state index contributed by atoms with van der Waals surface area (Å²) in [7, 11) is 0. The zero-order chi connectivity index (χ0) is 12.3. The number of amides is 1. The molecule has 2 aromatic rings. The van der Waals surface area contributed by atoms with E-state index in [0.717, 1.165) is 16.3 Å². The van der Waals surface area contributed by atoms with Crippen molar-refractivity contribution < 1.29 is 4.79 Å². The number of rotatable bonds is 3. The minimum absolute atomic E-state index is 0.0325. The van der Waals surface area contributed by atoms with Gasteiger partial charge in [-0.2, -0.15) is 0 Å². The van der Waals surface area contributed by atoms with Crippen LogP contribution in [-0.4, -0.2) is 10.9 Å². The van der Waals surface area contributed by atoms with Crippen molar-refractivity contribution in [3.8, 4) is 10.6 Å². The minimum atomic E-state index is -0.0325. The maximum Gasteiger partial charge on any atom is 0.217 e. The minimum Gasteiger partial charge on any atom is -0.351 e. The molecular weight excluding hydrogens is 232 g/mol. The van der Waals surface area contributed by atoms with E-state index in [1.807, 2.05) is 5.38 Å². The molecule has 1 N–H and O–H groups in total. The van der Waals surface area contributed by atoms with Crippen LogP contribution in [0.4, 0.5) is 0 Å². The highest BCUT2D eigenvalue weighted by Crippen LogP contribution is 2.23. The number of benzene rings is 1. The highest BCUT2D eigenvalue weighted by molar-refractivity contribution is 7.13. The zero-order valence-electron chi connectivity index (χ0n) is 9.86. The van der Waals surface area contributed by atoms with Crippen molar-refractivity contribution in [2.24, 2.45) is 0 Å². The molecule has 1 heterocycles.